The molecule has 0 radical (unpaired) electrons. The molecule has 1 aromatic carbocycles. The van der Waals surface area contributed by atoms with Crippen molar-refractivity contribution in [2.45, 2.75) is 31.8 Å². The summed E-state index contributed by atoms with van der Waals surface area (Å²) in [5.74, 6) is -0.0497. The molecule has 1 amide bonds. The molecule has 160 valence electrons. The lowest BCUT2D eigenvalue weighted by molar-refractivity contribution is -0.121. The lowest BCUT2D eigenvalue weighted by Crippen LogP contribution is -2.36. The van der Waals surface area contributed by atoms with Crippen LogP contribution in [0, 0.1) is 11.7 Å². The summed E-state index contributed by atoms with van der Waals surface area (Å²) in [7, 11) is 0. The number of amides is 1. The molecule has 1 N–H and O–H groups in total. The van der Waals surface area contributed by atoms with E-state index in [-0.39, 0.29) is 23.7 Å². The van der Waals surface area contributed by atoms with Gasteiger partial charge in [-0.15, -0.1) is 0 Å². The van der Waals surface area contributed by atoms with E-state index in [2.05, 4.69) is 15.2 Å². The first-order chi connectivity index (χ1) is 14.6. The second kappa shape index (κ2) is 9.62. The fourth-order valence-corrected chi connectivity index (χ4v) is 4.11. The third-order valence-corrected chi connectivity index (χ3v) is 5.79. The standard InChI is InChI=1S/C22H25ClFN3O3/c23-16-5-6-25-21(11-16)30-20-3-1-15(2-4-20)22(28)26-18-12-17(24)13-19(14-18)27-7-9-29-10-8-27/h5-6,11-15,20H,1-4,7-10H2,(H,26,28). The van der Waals surface area contributed by atoms with Crippen LogP contribution in [0.1, 0.15) is 25.7 Å². The maximum atomic E-state index is 14.1. The number of benzene rings is 1. The van der Waals surface area contributed by atoms with Crippen molar-refractivity contribution in [3.8, 4) is 5.88 Å². The molecule has 1 aliphatic heterocycles. The molecular weight excluding hydrogens is 409 g/mol. The van der Waals surface area contributed by atoms with E-state index in [1.807, 2.05) is 6.07 Å². The van der Waals surface area contributed by atoms with Gasteiger partial charge in [0.2, 0.25) is 11.8 Å². The van der Waals surface area contributed by atoms with E-state index in [4.69, 9.17) is 21.1 Å². The topological polar surface area (TPSA) is 63.7 Å². The normalized spacial score (nSPS) is 21.9. The molecule has 0 spiro atoms. The van der Waals surface area contributed by atoms with Crippen LogP contribution >= 0.6 is 11.6 Å². The first-order valence-electron chi connectivity index (χ1n) is 10.3. The molecular formula is C22H25ClFN3O3. The van der Waals surface area contributed by atoms with Crippen LogP contribution in [-0.2, 0) is 9.53 Å². The van der Waals surface area contributed by atoms with E-state index in [0.29, 0.717) is 55.7 Å². The molecule has 1 aromatic heterocycles. The number of nitrogens with one attached hydrogen (secondary N) is 1. The summed E-state index contributed by atoms with van der Waals surface area (Å²) in [5, 5.41) is 3.48. The van der Waals surface area contributed by atoms with Crippen molar-refractivity contribution in [1.29, 1.82) is 0 Å². The highest BCUT2D eigenvalue weighted by molar-refractivity contribution is 6.30. The number of halogens is 2. The predicted molar refractivity (Wildman–Crippen MR) is 114 cm³/mol. The number of carbonyl (C=O) groups excluding carboxylic acids is 1. The third kappa shape index (κ3) is 5.40. The summed E-state index contributed by atoms with van der Waals surface area (Å²) in [4.78, 5) is 19.0. The van der Waals surface area contributed by atoms with Gasteiger partial charge in [0.05, 0.1) is 13.2 Å². The van der Waals surface area contributed by atoms with Gasteiger partial charge in [-0.25, -0.2) is 9.37 Å². The number of morpholine rings is 1. The van der Waals surface area contributed by atoms with Crippen molar-refractivity contribution >= 4 is 28.9 Å². The molecule has 1 saturated carbocycles. The van der Waals surface area contributed by atoms with E-state index < -0.39 is 0 Å². The lowest BCUT2D eigenvalue weighted by atomic mass is 9.86. The first-order valence-corrected chi connectivity index (χ1v) is 10.7. The molecule has 4 rings (SSSR count). The molecule has 0 bridgehead atoms. The minimum Gasteiger partial charge on any atom is -0.474 e. The van der Waals surface area contributed by atoms with Gasteiger partial charge in [0, 0.05) is 47.7 Å². The van der Waals surface area contributed by atoms with Crippen LogP contribution in [-0.4, -0.2) is 43.3 Å². The van der Waals surface area contributed by atoms with Gasteiger partial charge in [0.15, 0.2) is 0 Å². The highest BCUT2D eigenvalue weighted by Crippen LogP contribution is 2.30. The van der Waals surface area contributed by atoms with E-state index in [9.17, 15) is 9.18 Å². The van der Waals surface area contributed by atoms with Crippen LogP contribution in [0.2, 0.25) is 5.02 Å². The van der Waals surface area contributed by atoms with Gasteiger partial charge in [-0.3, -0.25) is 4.79 Å². The third-order valence-electron chi connectivity index (χ3n) is 5.56. The van der Waals surface area contributed by atoms with Crippen LogP contribution in [0.3, 0.4) is 0 Å². The zero-order valence-corrected chi connectivity index (χ0v) is 17.4. The first kappa shape index (κ1) is 20.9. The minimum atomic E-state index is -0.361. The van der Waals surface area contributed by atoms with Crippen LogP contribution in [0.5, 0.6) is 5.88 Å². The Morgan fingerprint density at radius 1 is 1.17 bits per heavy atom. The lowest BCUT2D eigenvalue weighted by Gasteiger charge is -2.30. The number of ether oxygens (including phenoxy) is 2. The summed E-state index contributed by atoms with van der Waals surface area (Å²) in [6, 6.07) is 8.07. The fraction of sp³-hybridized carbons (Fsp3) is 0.455. The summed E-state index contributed by atoms with van der Waals surface area (Å²) >= 11 is 5.97. The molecule has 2 heterocycles. The Labute approximate surface area is 180 Å². The monoisotopic (exact) mass is 433 g/mol. The number of hydrogen-bond donors (Lipinski definition) is 1. The molecule has 2 fully saturated rings. The molecule has 0 unspecified atom stereocenters. The maximum absolute atomic E-state index is 14.1. The zero-order chi connectivity index (χ0) is 20.9. The smallest absolute Gasteiger partial charge is 0.227 e. The predicted octanol–water partition coefficient (Wildman–Crippen LogP) is 4.29. The van der Waals surface area contributed by atoms with Gasteiger partial charge in [-0.1, -0.05) is 11.6 Å². The highest BCUT2D eigenvalue weighted by Gasteiger charge is 2.28. The Bertz CT molecular complexity index is 884. The van der Waals surface area contributed by atoms with Gasteiger partial charge >= 0.3 is 0 Å². The van der Waals surface area contributed by atoms with E-state index in [0.717, 1.165) is 18.5 Å². The molecule has 1 aliphatic carbocycles. The summed E-state index contributed by atoms with van der Waals surface area (Å²) < 4.78 is 25.4. The van der Waals surface area contributed by atoms with Crippen molar-refractivity contribution in [2.24, 2.45) is 5.92 Å². The molecule has 0 atom stereocenters. The van der Waals surface area contributed by atoms with Crippen molar-refractivity contribution < 1.29 is 18.7 Å². The van der Waals surface area contributed by atoms with Crippen molar-refractivity contribution in [2.75, 3.05) is 36.5 Å². The SMILES string of the molecule is O=C(Nc1cc(F)cc(N2CCOCC2)c1)C1CCC(Oc2cc(Cl)ccn2)CC1. The average Bonchev–Trinajstić information content (AvgIpc) is 2.74. The zero-order valence-electron chi connectivity index (χ0n) is 16.7. The molecule has 8 heteroatoms. The van der Waals surface area contributed by atoms with E-state index >= 15 is 0 Å². The Hall–Kier alpha value is -2.38. The second-order valence-corrected chi connectivity index (χ2v) is 8.13. The van der Waals surface area contributed by atoms with Gasteiger partial charge in [-0.2, -0.15) is 0 Å². The van der Waals surface area contributed by atoms with Crippen LogP contribution < -0.4 is 15.0 Å². The van der Waals surface area contributed by atoms with Gasteiger partial charge in [0.1, 0.15) is 11.9 Å². The van der Waals surface area contributed by atoms with Gasteiger partial charge in [0.25, 0.3) is 0 Å². The van der Waals surface area contributed by atoms with Gasteiger partial charge < -0.3 is 19.7 Å². The molecule has 1 saturated heterocycles. The number of nitrogens with zero attached hydrogens (tertiary/aromatic N) is 2. The number of hydrogen-bond acceptors (Lipinski definition) is 5. The maximum Gasteiger partial charge on any atom is 0.227 e. The summed E-state index contributed by atoms with van der Waals surface area (Å²) in [6.45, 7) is 2.66. The van der Waals surface area contributed by atoms with Crippen LogP contribution in [0.25, 0.3) is 0 Å². The van der Waals surface area contributed by atoms with Crippen molar-refractivity contribution in [1.82, 2.24) is 4.98 Å². The number of rotatable bonds is 5. The Morgan fingerprint density at radius 3 is 2.67 bits per heavy atom. The average molecular weight is 434 g/mol. The van der Waals surface area contributed by atoms with Crippen LogP contribution in [0.15, 0.2) is 36.5 Å². The quantitative estimate of drug-likeness (QED) is 0.762. The molecule has 2 aliphatic rings. The summed E-state index contributed by atoms with van der Waals surface area (Å²) in [5.41, 5.74) is 1.25. The summed E-state index contributed by atoms with van der Waals surface area (Å²) in [6.07, 6.45) is 4.57. The second-order valence-electron chi connectivity index (χ2n) is 7.69. The minimum absolute atomic E-state index is 0.0158. The molecule has 2 aromatic rings. The number of aromatic nitrogens is 1. The Kier molecular flexibility index (Phi) is 6.69. The largest absolute Gasteiger partial charge is 0.474 e. The van der Waals surface area contributed by atoms with Crippen LogP contribution in [0.4, 0.5) is 15.8 Å². The van der Waals surface area contributed by atoms with Crippen molar-refractivity contribution in [3.05, 3.63) is 47.4 Å². The van der Waals surface area contributed by atoms with Gasteiger partial charge in [-0.05, 0) is 49.9 Å². The Balaban J connectivity index is 1.32. The number of carbonyl (C=O) groups is 1. The fourth-order valence-electron chi connectivity index (χ4n) is 3.96. The molecule has 30 heavy (non-hydrogen) atoms. The van der Waals surface area contributed by atoms with E-state index in [1.54, 1.807) is 18.3 Å². The van der Waals surface area contributed by atoms with E-state index in [1.165, 1.54) is 12.1 Å². The Morgan fingerprint density at radius 2 is 1.93 bits per heavy atom. The molecule has 6 nitrogen and oxygen atoms in total. The van der Waals surface area contributed by atoms with Crippen molar-refractivity contribution in [3.63, 3.8) is 0 Å². The number of anilines is 2. The number of pyridine rings is 1. The highest BCUT2D eigenvalue weighted by atomic mass is 35.5.